The smallest absolute Gasteiger partial charge is 0.0591 e. The Labute approximate surface area is 82.9 Å². The van der Waals surface area contributed by atoms with Gasteiger partial charge in [0, 0.05) is 12.1 Å². The molecule has 0 amide bonds. The fourth-order valence-corrected chi connectivity index (χ4v) is 1.61. The second-order valence-corrected chi connectivity index (χ2v) is 4.99. The first-order valence-corrected chi connectivity index (χ1v) is 5.17. The molecule has 80 valence electrons. The van der Waals surface area contributed by atoms with Crippen LogP contribution in [0.2, 0.25) is 0 Å². The Morgan fingerprint density at radius 1 is 1.31 bits per heavy atom. The first kappa shape index (κ1) is 12.9. The standard InChI is InChI=1S/C11H25NO/c1-7-9(2)12(6)10(8-13)11(3,4)5/h9-10,13H,7-8H2,1-6H3. The number of hydrogen-bond donors (Lipinski definition) is 1. The highest BCUT2D eigenvalue weighted by Gasteiger charge is 2.29. The zero-order valence-corrected chi connectivity index (χ0v) is 9.96. The number of likely N-dealkylation sites (N-methyl/N-ethyl adjacent to an activating group) is 1. The third-order valence-corrected chi connectivity index (χ3v) is 2.95. The topological polar surface area (TPSA) is 23.5 Å². The Kier molecular flexibility index (Phi) is 4.93. The van der Waals surface area contributed by atoms with Crippen molar-refractivity contribution in [2.24, 2.45) is 5.41 Å². The summed E-state index contributed by atoms with van der Waals surface area (Å²) >= 11 is 0. The SMILES string of the molecule is CCC(C)N(C)C(CO)C(C)(C)C. The predicted molar refractivity (Wildman–Crippen MR) is 57.8 cm³/mol. The molecule has 0 heterocycles. The van der Waals surface area contributed by atoms with Crippen LogP contribution < -0.4 is 0 Å². The number of nitrogens with zero attached hydrogens (tertiary/aromatic N) is 1. The van der Waals surface area contributed by atoms with Crippen LogP contribution in [0.1, 0.15) is 41.0 Å². The van der Waals surface area contributed by atoms with E-state index in [0.717, 1.165) is 6.42 Å². The molecule has 0 rings (SSSR count). The van der Waals surface area contributed by atoms with Crippen molar-refractivity contribution in [2.75, 3.05) is 13.7 Å². The molecule has 2 atom stereocenters. The fourth-order valence-electron chi connectivity index (χ4n) is 1.61. The maximum absolute atomic E-state index is 9.33. The molecule has 1 N–H and O–H groups in total. The lowest BCUT2D eigenvalue weighted by molar-refractivity contribution is 0.0414. The van der Waals surface area contributed by atoms with Crippen LogP contribution in [0.15, 0.2) is 0 Å². The van der Waals surface area contributed by atoms with Crippen LogP contribution in [-0.4, -0.2) is 35.7 Å². The maximum atomic E-state index is 9.33. The van der Waals surface area contributed by atoms with E-state index < -0.39 is 0 Å². The van der Waals surface area contributed by atoms with Crippen LogP contribution >= 0.6 is 0 Å². The summed E-state index contributed by atoms with van der Waals surface area (Å²) in [5, 5.41) is 9.33. The molecule has 0 saturated heterocycles. The molecule has 0 saturated carbocycles. The predicted octanol–water partition coefficient (Wildman–Crippen LogP) is 2.12. The molecule has 2 nitrogen and oxygen atoms in total. The molecular weight excluding hydrogens is 162 g/mol. The maximum Gasteiger partial charge on any atom is 0.0591 e. The molecule has 0 aliphatic rings. The summed E-state index contributed by atoms with van der Waals surface area (Å²) in [7, 11) is 2.10. The molecule has 2 unspecified atom stereocenters. The largest absolute Gasteiger partial charge is 0.395 e. The van der Waals surface area contributed by atoms with Gasteiger partial charge in [0.25, 0.3) is 0 Å². The summed E-state index contributed by atoms with van der Waals surface area (Å²) in [6, 6.07) is 0.791. The van der Waals surface area contributed by atoms with Crippen molar-refractivity contribution in [1.82, 2.24) is 4.90 Å². The van der Waals surface area contributed by atoms with Crippen LogP contribution in [-0.2, 0) is 0 Å². The number of aliphatic hydroxyl groups is 1. The summed E-state index contributed by atoms with van der Waals surface area (Å²) in [4.78, 5) is 2.28. The van der Waals surface area contributed by atoms with Gasteiger partial charge < -0.3 is 5.11 Å². The summed E-state index contributed by atoms with van der Waals surface area (Å²) in [6.45, 7) is 11.1. The van der Waals surface area contributed by atoms with E-state index in [1.165, 1.54) is 0 Å². The Hall–Kier alpha value is -0.0800. The minimum absolute atomic E-state index is 0.146. The van der Waals surface area contributed by atoms with Gasteiger partial charge in [-0.3, -0.25) is 4.90 Å². The van der Waals surface area contributed by atoms with Crippen molar-refractivity contribution in [3.05, 3.63) is 0 Å². The Balaban J connectivity index is 4.40. The average Bonchev–Trinajstić information content (AvgIpc) is 2.01. The van der Waals surface area contributed by atoms with Gasteiger partial charge in [-0.25, -0.2) is 0 Å². The lowest BCUT2D eigenvalue weighted by atomic mass is 9.85. The van der Waals surface area contributed by atoms with E-state index in [1.54, 1.807) is 0 Å². The van der Waals surface area contributed by atoms with Gasteiger partial charge in [-0.15, -0.1) is 0 Å². The van der Waals surface area contributed by atoms with Gasteiger partial charge in [0.15, 0.2) is 0 Å². The second-order valence-electron chi connectivity index (χ2n) is 4.99. The Morgan fingerprint density at radius 3 is 2.00 bits per heavy atom. The van der Waals surface area contributed by atoms with Gasteiger partial charge in [0.1, 0.15) is 0 Å². The molecule has 0 spiro atoms. The molecule has 0 fully saturated rings. The third-order valence-electron chi connectivity index (χ3n) is 2.95. The lowest BCUT2D eigenvalue weighted by Gasteiger charge is -2.39. The van der Waals surface area contributed by atoms with Crippen LogP contribution in [0, 0.1) is 5.41 Å². The van der Waals surface area contributed by atoms with E-state index in [0.29, 0.717) is 6.04 Å². The molecule has 2 heteroatoms. The molecular formula is C11H25NO. The minimum Gasteiger partial charge on any atom is -0.395 e. The van der Waals surface area contributed by atoms with Gasteiger partial charge in [-0.1, -0.05) is 27.7 Å². The highest BCUT2D eigenvalue weighted by atomic mass is 16.3. The van der Waals surface area contributed by atoms with E-state index in [2.05, 4.69) is 46.6 Å². The number of hydrogen-bond acceptors (Lipinski definition) is 2. The van der Waals surface area contributed by atoms with Gasteiger partial charge in [0.2, 0.25) is 0 Å². The molecule has 0 aromatic rings. The molecule has 0 aliphatic carbocycles. The second kappa shape index (κ2) is 4.97. The van der Waals surface area contributed by atoms with Gasteiger partial charge in [-0.2, -0.15) is 0 Å². The van der Waals surface area contributed by atoms with Gasteiger partial charge in [0.05, 0.1) is 6.61 Å². The normalized spacial score (nSPS) is 17.5. The van der Waals surface area contributed by atoms with Crippen LogP contribution in [0.25, 0.3) is 0 Å². The van der Waals surface area contributed by atoms with Gasteiger partial charge in [-0.05, 0) is 25.8 Å². The molecule has 0 aromatic heterocycles. The number of rotatable bonds is 4. The number of aliphatic hydroxyl groups excluding tert-OH is 1. The van der Waals surface area contributed by atoms with E-state index in [1.807, 2.05) is 0 Å². The van der Waals surface area contributed by atoms with Crippen molar-refractivity contribution >= 4 is 0 Å². The molecule has 13 heavy (non-hydrogen) atoms. The van der Waals surface area contributed by atoms with E-state index in [-0.39, 0.29) is 18.1 Å². The van der Waals surface area contributed by atoms with Crippen LogP contribution in [0.4, 0.5) is 0 Å². The third kappa shape index (κ3) is 3.65. The average molecular weight is 187 g/mol. The van der Waals surface area contributed by atoms with Crippen molar-refractivity contribution < 1.29 is 5.11 Å². The minimum atomic E-state index is 0.146. The summed E-state index contributed by atoms with van der Waals surface area (Å²) in [5.41, 5.74) is 0.146. The van der Waals surface area contributed by atoms with Gasteiger partial charge >= 0.3 is 0 Å². The van der Waals surface area contributed by atoms with Crippen molar-refractivity contribution in [3.63, 3.8) is 0 Å². The zero-order valence-electron chi connectivity index (χ0n) is 9.96. The molecule has 0 radical (unpaired) electrons. The lowest BCUT2D eigenvalue weighted by Crippen LogP contribution is -2.48. The monoisotopic (exact) mass is 187 g/mol. The molecule has 0 aliphatic heterocycles. The van der Waals surface area contributed by atoms with E-state index in [9.17, 15) is 5.11 Å². The van der Waals surface area contributed by atoms with Crippen molar-refractivity contribution in [2.45, 2.75) is 53.1 Å². The zero-order chi connectivity index (χ0) is 10.6. The fraction of sp³-hybridized carbons (Fsp3) is 1.00. The highest BCUT2D eigenvalue weighted by Crippen LogP contribution is 2.24. The first-order valence-electron chi connectivity index (χ1n) is 5.17. The Morgan fingerprint density at radius 2 is 1.77 bits per heavy atom. The first-order chi connectivity index (χ1) is 5.84. The quantitative estimate of drug-likeness (QED) is 0.729. The van der Waals surface area contributed by atoms with Crippen molar-refractivity contribution in [3.8, 4) is 0 Å². The van der Waals surface area contributed by atoms with E-state index in [4.69, 9.17) is 0 Å². The van der Waals surface area contributed by atoms with Crippen LogP contribution in [0.3, 0.4) is 0 Å². The summed E-state index contributed by atoms with van der Waals surface area (Å²) in [6.07, 6.45) is 1.13. The molecule has 0 bridgehead atoms. The van der Waals surface area contributed by atoms with Crippen molar-refractivity contribution in [1.29, 1.82) is 0 Å². The summed E-state index contributed by atoms with van der Waals surface area (Å²) < 4.78 is 0. The molecule has 0 aromatic carbocycles. The Bertz CT molecular complexity index is 140. The summed E-state index contributed by atoms with van der Waals surface area (Å²) in [5.74, 6) is 0. The highest BCUT2D eigenvalue weighted by molar-refractivity contribution is 4.83. The van der Waals surface area contributed by atoms with Crippen LogP contribution in [0.5, 0.6) is 0 Å². The van der Waals surface area contributed by atoms with E-state index >= 15 is 0 Å².